The van der Waals surface area contributed by atoms with Gasteiger partial charge < -0.3 is 20.5 Å². The summed E-state index contributed by atoms with van der Waals surface area (Å²) >= 11 is 0. The van der Waals surface area contributed by atoms with E-state index in [2.05, 4.69) is 34.4 Å². The van der Waals surface area contributed by atoms with Crippen LogP contribution in [0.15, 0.2) is 18.2 Å². The number of carbonyl (C=O) groups excluding carboxylic acids is 2. The predicted octanol–water partition coefficient (Wildman–Crippen LogP) is 2.69. The van der Waals surface area contributed by atoms with Crippen LogP contribution in [0.5, 0.6) is 0 Å². The number of rotatable bonds is 7. The second-order valence-corrected chi connectivity index (χ2v) is 7.15. The molecule has 0 bridgehead atoms. The number of benzene rings is 1. The molecule has 2 amide bonds. The third-order valence-electron chi connectivity index (χ3n) is 5.36. The van der Waals surface area contributed by atoms with Crippen LogP contribution in [0, 0.1) is 19.7 Å². The Morgan fingerprint density at radius 2 is 1.93 bits per heavy atom. The number of halogens is 1. The predicted molar refractivity (Wildman–Crippen MR) is 120 cm³/mol. The van der Waals surface area contributed by atoms with Crippen molar-refractivity contribution in [1.29, 1.82) is 0 Å². The zero-order valence-electron chi connectivity index (χ0n) is 17.3. The Morgan fingerprint density at radius 1 is 1.23 bits per heavy atom. The fraction of sp³-hybridized carbons (Fsp3) is 0.364. The number of aromatic nitrogens is 1. The van der Waals surface area contributed by atoms with Crippen LogP contribution >= 0.6 is 0 Å². The minimum atomic E-state index is -0.404. The van der Waals surface area contributed by atoms with E-state index < -0.39 is 5.82 Å². The third kappa shape index (κ3) is 5.03. The topological polar surface area (TPSA) is 77.2 Å². The van der Waals surface area contributed by atoms with Gasteiger partial charge in [-0.1, -0.05) is 13.8 Å². The summed E-state index contributed by atoms with van der Waals surface area (Å²) in [6.07, 6.45) is 1.68. The second-order valence-electron chi connectivity index (χ2n) is 7.15. The van der Waals surface area contributed by atoms with Gasteiger partial charge >= 0.3 is 29.6 Å². The molecule has 156 valence electrons. The Morgan fingerprint density at radius 3 is 2.60 bits per heavy atom. The van der Waals surface area contributed by atoms with Crippen LogP contribution in [0.2, 0.25) is 0 Å². The van der Waals surface area contributed by atoms with Gasteiger partial charge in [-0.3, -0.25) is 9.59 Å². The van der Waals surface area contributed by atoms with Gasteiger partial charge in [0.05, 0.1) is 11.1 Å². The maximum atomic E-state index is 13.7. The van der Waals surface area contributed by atoms with Crippen molar-refractivity contribution >= 4 is 58.7 Å². The molecule has 3 N–H and O–H groups in total. The number of likely N-dealkylation sites (N-methyl/N-ethyl adjacent to an activating group) is 1. The van der Waals surface area contributed by atoms with Crippen molar-refractivity contribution < 1.29 is 14.0 Å². The van der Waals surface area contributed by atoms with Crippen molar-refractivity contribution in [3.63, 3.8) is 0 Å². The summed E-state index contributed by atoms with van der Waals surface area (Å²) in [5.74, 6) is -0.836. The van der Waals surface area contributed by atoms with Crippen LogP contribution in [0.1, 0.15) is 46.7 Å². The number of aromatic amines is 1. The molecule has 6 nitrogen and oxygen atoms in total. The van der Waals surface area contributed by atoms with E-state index in [4.69, 9.17) is 0 Å². The van der Waals surface area contributed by atoms with E-state index in [1.165, 1.54) is 12.1 Å². The summed E-state index contributed by atoms with van der Waals surface area (Å²) in [4.78, 5) is 30.5. The fourth-order valence-corrected chi connectivity index (χ4v) is 3.66. The summed E-state index contributed by atoms with van der Waals surface area (Å²) in [5.41, 5.74) is 4.20. The number of carbonyl (C=O) groups is 2. The van der Waals surface area contributed by atoms with E-state index in [9.17, 15) is 14.0 Å². The standard InChI is InChI=1S/C22H27FN4O2.Na.H/c1-5-27(6-2)10-9-24-22(29)20-13(3)19(25-14(20)4)12-17-16-11-15(23)7-8-18(16)26-21(17)28;;/h7-8,11-12,25H,5-6,9-10H2,1-4H3,(H,24,29)(H,26,28);;/b17-12-;;. The molecule has 0 saturated heterocycles. The molecule has 2 heterocycles. The Labute approximate surface area is 198 Å². The number of aryl methyl sites for hydroxylation is 1. The number of H-pyrrole nitrogens is 1. The third-order valence-corrected chi connectivity index (χ3v) is 5.36. The zero-order chi connectivity index (χ0) is 21.1. The van der Waals surface area contributed by atoms with Crippen LogP contribution in [0.25, 0.3) is 11.6 Å². The Hall–Kier alpha value is -1.93. The van der Waals surface area contributed by atoms with Crippen LogP contribution in [-0.2, 0) is 4.79 Å². The molecule has 8 heteroatoms. The van der Waals surface area contributed by atoms with Crippen LogP contribution in [0.4, 0.5) is 10.1 Å². The van der Waals surface area contributed by atoms with Gasteiger partial charge in [0.2, 0.25) is 0 Å². The van der Waals surface area contributed by atoms with E-state index in [0.717, 1.165) is 30.9 Å². The van der Waals surface area contributed by atoms with Crippen LogP contribution < -0.4 is 10.6 Å². The average Bonchev–Trinajstić information content (AvgIpc) is 3.14. The van der Waals surface area contributed by atoms with Gasteiger partial charge in [0.1, 0.15) is 5.82 Å². The minimum absolute atomic E-state index is 0. The summed E-state index contributed by atoms with van der Waals surface area (Å²) in [6.45, 7) is 11.1. The van der Waals surface area contributed by atoms with Gasteiger partial charge in [-0.2, -0.15) is 0 Å². The molecule has 1 aromatic heterocycles. The first-order valence-corrected chi connectivity index (χ1v) is 9.88. The number of hydrogen-bond acceptors (Lipinski definition) is 3. The molecule has 0 aliphatic carbocycles. The van der Waals surface area contributed by atoms with Gasteiger partial charge in [0.15, 0.2) is 0 Å². The first-order chi connectivity index (χ1) is 13.8. The zero-order valence-corrected chi connectivity index (χ0v) is 17.3. The van der Waals surface area contributed by atoms with Gasteiger partial charge in [-0.05, 0) is 56.8 Å². The Balaban J connectivity index is 0.00000320. The quantitative estimate of drug-likeness (QED) is 0.474. The Bertz CT molecular complexity index is 980. The van der Waals surface area contributed by atoms with E-state index in [-0.39, 0.29) is 41.4 Å². The number of amides is 2. The monoisotopic (exact) mass is 422 g/mol. The summed E-state index contributed by atoms with van der Waals surface area (Å²) in [5, 5.41) is 5.70. The molecule has 0 atom stereocenters. The first-order valence-electron chi connectivity index (χ1n) is 9.88. The van der Waals surface area contributed by atoms with E-state index in [1.807, 2.05) is 13.8 Å². The normalized spacial score (nSPS) is 13.9. The Kier molecular flexibility index (Phi) is 8.43. The van der Waals surface area contributed by atoms with Crippen LogP contribution in [-0.4, -0.2) is 77.4 Å². The molecule has 3 rings (SSSR count). The number of nitrogens with one attached hydrogen (secondary N) is 3. The SMILES string of the molecule is CCN(CC)CCNC(=O)c1c(C)[nH]c(/C=C2\C(=O)Nc3ccc(F)cc32)c1C.[NaH]. The molecule has 2 aromatic rings. The van der Waals surface area contributed by atoms with Crippen molar-refractivity contribution in [2.75, 3.05) is 31.5 Å². The van der Waals surface area contributed by atoms with Gasteiger partial charge in [0, 0.05) is 35.7 Å². The van der Waals surface area contributed by atoms with E-state index in [0.29, 0.717) is 34.6 Å². The van der Waals surface area contributed by atoms with Crippen molar-refractivity contribution in [1.82, 2.24) is 15.2 Å². The van der Waals surface area contributed by atoms with Crippen molar-refractivity contribution in [3.8, 4) is 0 Å². The first kappa shape index (κ1) is 24.3. The molecule has 0 radical (unpaired) electrons. The number of hydrogen-bond donors (Lipinski definition) is 3. The number of anilines is 1. The number of fused-ring (bicyclic) bond motifs is 1. The molecule has 0 spiro atoms. The molecule has 1 aliphatic heterocycles. The van der Waals surface area contributed by atoms with E-state index >= 15 is 0 Å². The molecule has 1 aromatic carbocycles. The molecule has 0 saturated carbocycles. The van der Waals surface area contributed by atoms with Crippen LogP contribution in [0.3, 0.4) is 0 Å². The average molecular weight is 422 g/mol. The molecular weight excluding hydrogens is 394 g/mol. The summed E-state index contributed by atoms with van der Waals surface area (Å²) in [6, 6.07) is 4.20. The molecule has 0 unspecified atom stereocenters. The van der Waals surface area contributed by atoms with Gasteiger partial charge in [0.25, 0.3) is 11.8 Å². The van der Waals surface area contributed by atoms with Crippen molar-refractivity contribution in [2.45, 2.75) is 27.7 Å². The van der Waals surface area contributed by atoms with Crippen molar-refractivity contribution in [3.05, 3.63) is 52.1 Å². The number of nitrogens with zero attached hydrogens (tertiary/aromatic N) is 1. The second kappa shape index (κ2) is 10.4. The summed E-state index contributed by atoms with van der Waals surface area (Å²) in [7, 11) is 0. The van der Waals surface area contributed by atoms with Crippen molar-refractivity contribution in [2.24, 2.45) is 0 Å². The molecule has 1 aliphatic rings. The van der Waals surface area contributed by atoms with Gasteiger partial charge in [-0.25, -0.2) is 4.39 Å². The fourth-order valence-electron chi connectivity index (χ4n) is 3.66. The van der Waals surface area contributed by atoms with Gasteiger partial charge in [-0.15, -0.1) is 0 Å². The maximum absolute atomic E-state index is 13.7. The van der Waals surface area contributed by atoms with E-state index in [1.54, 1.807) is 12.1 Å². The molecule has 30 heavy (non-hydrogen) atoms. The molecule has 0 fully saturated rings. The molecular formula is C22H28FN4NaO2. The summed E-state index contributed by atoms with van der Waals surface area (Å²) < 4.78 is 13.7.